The van der Waals surface area contributed by atoms with Crippen LogP contribution < -0.4 is 0 Å². The quantitative estimate of drug-likeness (QED) is 0.529. The maximum Gasteiger partial charge on any atom is 0.255 e. The van der Waals surface area contributed by atoms with E-state index in [9.17, 15) is 13.6 Å². The number of benzene rings is 2. The van der Waals surface area contributed by atoms with Crippen LogP contribution in [0.25, 0.3) is 22.0 Å². The van der Waals surface area contributed by atoms with E-state index in [1.54, 1.807) is 12.3 Å². The van der Waals surface area contributed by atoms with Crippen LogP contribution in [0.15, 0.2) is 41.9 Å². The third-order valence-electron chi connectivity index (χ3n) is 5.17. The van der Waals surface area contributed by atoms with Gasteiger partial charge in [-0.1, -0.05) is 0 Å². The number of hydrogen-bond acceptors (Lipinski definition) is 3. The second-order valence-electron chi connectivity index (χ2n) is 6.96. The van der Waals surface area contributed by atoms with E-state index in [-0.39, 0.29) is 18.0 Å². The number of halogens is 2. The Kier molecular flexibility index (Phi) is 3.80. The Morgan fingerprint density at radius 2 is 1.93 bits per heavy atom. The van der Waals surface area contributed by atoms with Gasteiger partial charge in [0.15, 0.2) is 0 Å². The smallest absolute Gasteiger partial charge is 0.255 e. The van der Waals surface area contributed by atoms with Crippen molar-refractivity contribution in [3.05, 3.63) is 75.1 Å². The summed E-state index contributed by atoms with van der Waals surface area (Å²) >= 11 is 1.48. The number of amides is 1. The first-order valence-corrected chi connectivity index (χ1v) is 9.67. The summed E-state index contributed by atoms with van der Waals surface area (Å²) in [5.74, 6) is -1.48. The van der Waals surface area contributed by atoms with Crippen LogP contribution in [0.4, 0.5) is 8.78 Å². The van der Waals surface area contributed by atoms with E-state index in [2.05, 4.69) is 10.2 Å². The lowest BCUT2D eigenvalue weighted by molar-refractivity contribution is 0.0764. The molecule has 4 aromatic rings. The molecular formula is C21H15F2N3OS. The number of hydrogen-bond donors (Lipinski definition) is 1. The number of rotatable bonds is 3. The molecule has 1 N–H and O–H groups in total. The van der Waals surface area contributed by atoms with Gasteiger partial charge in [0.1, 0.15) is 11.6 Å². The minimum absolute atomic E-state index is 0.0853. The van der Waals surface area contributed by atoms with Crippen molar-refractivity contribution in [1.29, 1.82) is 0 Å². The van der Waals surface area contributed by atoms with Gasteiger partial charge in [0, 0.05) is 15.8 Å². The molecule has 7 heteroatoms. The molecule has 0 saturated carbocycles. The first-order valence-electron chi connectivity index (χ1n) is 8.79. The Balaban J connectivity index is 1.48. The second kappa shape index (κ2) is 6.24. The molecule has 4 nitrogen and oxygen atoms in total. The van der Waals surface area contributed by atoms with E-state index in [1.807, 2.05) is 24.4 Å². The van der Waals surface area contributed by atoms with Crippen molar-refractivity contribution in [3.63, 3.8) is 0 Å². The number of carbonyl (C=O) groups excluding carboxylic acids is 1. The van der Waals surface area contributed by atoms with Gasteiger partial charge in [0.05, 0.1) is 30.4 Å². The first-order chi connectivity index (χ1) is 13.5. The van der Waals surface area contributed by atoms with Crippen molar-refractivity contribution >= 4 is 28.1 Å². The van der Waals surface area contributed by atoms with Crippen molar-refractivity contribution in [2.45, 2.75) is 20.0 Å². The molecule has 0 radical (unpaired) electrons. The lowest BCUT2D eigenvalue weighted by Gasteiger charge is -2.17. The molecule has 0 aliphatic carbocycles. The van der Waals surface area contributed by atoms with Gasteiger partial charge in [-0.3, -0.25) is 9.89 Å². The summed E-state index contributed by atoms with van der Waals surface area (Å²) in [4.78, 5) is 14.8. The average Bonchev–Trinajstić information content (AvgIpc) is 3.36. The third kappa shape index (κ3) is 2.62. The number of aryl methyl sites for hydroxylation is 1. The minimum atomic E-state index is -0.650. The number of nitrogens with one attached hydrogen (secondary N) is 1. The molecule has 0 bridgehead atoms. The third-order valence-corrected chi connectivity index (χ3v) is 6.07. The Hall–Kier alpha value is -3.06. The zero-order chi connectivity index (χ0) is 19.4. The number of thiophene rings is 1. The molecule has 0 spiro atoms. The van der Waals surface area contributed by atoms with Gasteiger partial charge >= 0.3 is 0 Å². The van der Waals surface area contributed by atoms with Crippen molar-refractivity contribution < 1.29 is 13.6 Å². The zero-order valence-corrected chi connectivity index (χ0v) is 15.7. The predicted molar refractivity (Wildman–Crippen MR) is 104 cm³/mol. The number of fused-ring (bicyclic) bond motifs is 2. The van der Waals surface area contributed by atoms with E-state index in [4.69, 9.17) is 0 Å². The average molecular weight is 395 g/mol. The maximum atomic E-state index is 14.8. The van der Waals surface area contributed by atoms with Gasteiger partial charge in [0.25, 0.3) is 5.91 Å². The molecule has 1 aliphatic rings. The minimum Gasteiger partial charge on any atom is -0.329 e. The summed E-state index contributed by atoms with van der Waals surface area (Å²) in [5.41, 5.74) is 3.57. The summed E-state index contributed by atoms with van der Waals surface area (Å²) in [6.45, 7) is 2.23. The van der Waals surface area contributed by atoms with E-state index >= 15 is 0 Å². The largest absolute Gasteiger partial charge is 0.329 e. The highest BCUT2D eigenvalue weighted by atomic mass is 32.1. The van der Waals surface area contributed by atoms with Crippen LogP contribution in [-0.4, -0.2) is 21.0 Å². The fourth-order valence-electron chi connectivity index (χ4n) is 3.71. The Morgan fingerprint density at radius 1 is 1.18 bits per heavy atom. The molecule has 0 atom stereocenters. The Labute approximate surface area is 163 Å². The number of aromatic amines is 1. The van der Waals surface area contributed by atoms with Crippen molar-refractivity contribution in [2.24, 2.45) is 0 Å². The SMILES string of the molecule is Cc1cc(-c2cc(F)c(CN3Cc4sccc4C3=O)c(F)c2)cc2cn[nH]c12. The lowest BCUT2D eigenvalue weighted by Crippen LogP contribution is -2.24. The molecule has 5 rings (SSSR count). The van der Waals surface area contributed by atoms with Gasteiger partial charge in [0.2, 0.25) is 0 Å². The number of aromatic nitrogens is 2. The molecular weight excluding hydrogens is 380 g/mol. The summed E-state index contributed by atoms with van der Waals surface area (Å²) in [5, 5.41) is 9.67. The Bertz CT molecular complexity index is 1220. The molecule has 0 unspecified atom stereocenters. The molecule has 0 saturated heterocycles. The van der Waals surface area contributed by atoms with E-state index < -0.39 is 11.6 Å². The highest BCUT2D eigenvalue weighted by Crippen LogP contribution is 2.32. The normalized spacial score (nSPS) is 13.5. The van der Waals surface area contributed by atoms with Crippen molar-refractivity contribution in [1.82, 2.24) is 15.1 Å². The van der Waals surface area contributed by atoms with Gasteiger partial charge in [-0.15, -0.1) is 11.3 Å². The van der Waals surface area contributed by atoms with Gasteiger partial charge in [-0.05, 0) is 59.3 Å². The van der Waals surface area contributed by atoms with Crippen LogP contribution in [0.1, 0.15) is 26.4 Å². The molecule has 2 aromatic carbocycles. The monoisotopic (exact) mass is 395 g/mol. The second-order valence-corrected chi connectivity index (χ2v) is 7.97. The summed E-state index contributed by atoms with van der Waals surface area (Å²) in [6, 6.07) is 8.13. The Morgan fingerprint density at radius 3 is 2.68 bits per heavy atom. The van der Waals surface area contributed by atoms with Crippen LogP contribution in [0.5, 0.6) is 0 Å². The van der Waals surface area contributed by atoms with E-state index in [1.165, 1.54) is 28.4 Å². The zero-order valence-electron chi connectivity index (χ0n) is 14.9. The van der Waals surface area contributed by atoms with E-state index in [0.717, 1.165) is 26.9 Å². The van der Waals surface area contributed by atoms with Crippen molar-refractivity contribution in [3.8, 4) is 11.1 Å². The summed E-state index contributed by atoms with van der Waals surface area (Å²) in [7, 11) is 0. The number of nitrogens with zero attached hydrogens (tertiary/aromatic N) is 2. The molecule has 140 valence electrons. The summed E-state index contributed by atoms with van der Waals surface area (Å²) < 4.78 is 29.6. The van der Waals surface area contributed by atoms with Crippen molar-refractivity contribution in [2.75, 3.05) is 0 Å². The fraction of sp³-hybridized carbons (Fsp3) is 0.143. The number of H-pyrrole nitrogens is 1. The highest BCUT2D eigenvalue weighted by Gasteiger charge is 2.29. The molecule has 1 aliphatic heterocycles. The van der Waals surface area contributed by atoms with Crippen LogP contribution in [0.3, 0.4) is 0 Å². The number of carbonyl (C=O) groups is 1. The van der Waals surface area contributed by atoms with Crippen LogP contribution >= 0.6 is 11.3 Å². The van der Waals surface area contributed by atoms with Gasteiger partial charge in [-0.25, -0.2) is 8.78 Å². The topological polar surface area (TPSA) is 49.0 Å². The molecule has 3 heterocycles. The molecule has 2 aromatic heterocycles. The summed E-state index contributed by atoms with van der Waals surface area (Å²) in [6.07, 6.45) is 1.69. The lowest BCUT2D eigenvalue weighted by atomic mass is 9.99. The maximum absolute atomic E-state index is 14.8. The molecule has 1 amide bonds. The van der Waals surface area contributed by atoms with Gasteiger partial charge < -0.3 is 4.90 Å². The van der Waals surface area contributed by atoms with E-state index in [0.29, 0.717) is 17.7 Å². The fourth-order valence-corrected chi connectivity index (χ4v) is 4.59. The van der Waals surface area contributed by atoms with Crippen LogP contribution in [0, 0.1) is 18.6 Å². The van der Waals surface area contributed by atoms with Crippen LogP contribution in [-0.2, 0) is 13.1 Å². The van der Waals surface area contributed by atoms with Gasteiger partial charge in [-0.2, -0.15) is 5.10 Å². The highest BCUT2D eigenvalue weighted by molar-refractivity contribution is 7.10. The standard InChI is InChI=1S/C21H15F2N3OS/c1-11-4-12(5-14-8-24-25-20(11)14)13-6-17(22)16(18(23)7-13)9-26-10-19-15(21(26)27)2-3-28-19/h2-8H,9-10H2,1H3,(H,24,25). The van der Waals surface area contributed by atoms with Crippen LogP contribution in [0.2, 0.25) is 0 Å². The molecule has 28 heavy (non-hydrogen) atoms. The first kappa shape index (κ1) is 17.1. The predicted octanol–water partition coefficient (Wildman–Crippen LogP) is 5.03. The molecule has 0 fully saturated rings.